The lowest BCUT2D eigenvalue weighted by Gasteiger charge is -2.22. The maximum Gasteiger partial charge on any atom is 0.219 e. The molecule has 0 aromatic heterocycles. The summed E-state index contributed by atoms with van der Waals surface area (Å²) in [5.41, 5.74) is 2.95. The average molecular weight is 221 g/mol. The Balaban J connectivity index is 2.48. The second-order valence-electron chi connectivity index (χ2n) is 4.87. The van der Waals surface area contributed by atoms with E-state index >= 15 is 0 Å². The van der Waals surface area contributed by atoms with E-state index in [0.29, 0.717) is 5.92 Å². The minimum atomic E-state index is 0.128. The number of allylic oxidation sites excluding steroid dienone is 3. The summed E-state index contributed by atoms with van der Waals surface area (Å²) < 4.78 is 0. The quantitative estimate of drug-likeness (QED) is 0.670. The summed E-state index contributed by atoms with van der Waals surface area (Å²) in [6.45, 7) is 6.74. The minimum Gasteiger partial charge on any atom is -0.342 e. The molecule has 1 aliphatic carbocycles. The van der Waals surface area contributed by atoms with Crippen molar-refractivity contribution >= 4 is 5.91 Å². The van der Waals surface area contributed by atoms with Crippen LogP contribution in [0.2, 0.25) is 0 Å². The van der Waals surface area contributed by atoms with Gasteiger partial charge in [-0.05, 0) is 39.0 Å². The fraction of sp³-hybridized carbons (Fsp3) is 0.643. The molecule has 2 heteroatoms. The van der Waals surface area contributed by atoms with Crippen LogP contribution in [0.1, 0.15) is 40.0 Å². The van der Waals surface area contributed by atoms with Crippen molar-refractivity contribution in [3.05, 3.63) is 23.3 Å². The van der Waals surface area contributed by atoms with Crippen molar-refractivity contribution in [3.63, 3.8) is 0 Å². The molecule has 2 nitrogen and oxygen atoms in total. The highest BCUT2D eigenvalue weighted by Gasteiger charge is 2.13. The first-order chi connectivity index (χ1) is 7.50. The molecule has 0 heterocycles. The number of carbonyl (C=O) groups excluding carboxylic acids is 1. The van der Waals surface area contributed by atoms with Crippen LogP contribution in [-0.4, -0.2) is 24.4 Å². The predicted molar refractivity (Wildman–Crippen MR) is 68.2 cm³/mol. The third kappa shape index (κ3) is 3.84. The van der Waals surface area contributed by atoms with Gasteiger partial charge in [-0.3, -0.25) is 4.79 Å². The molecule has 16 heavy (non-hydrogen) atoms. The Morgan fingerprint density at radius 2 is 2.25 bits per heavy atom. The number of hydrogen-bond acceptors (Lipinski definition) is 1. The zero-order valence-electron chi connectivity index (χ0n) is 10.9. The SMILES string of the molecule is CC(=O)N(C)C/C=C(/C)C1CC=C(C)CC1. The van der Waals surface area contributed by atoms with Crippen molar-refractivity contribution in [1.29, 1.82) is 0 Å². The smallest absolute Gasteiger partial charge is 0.219 e. The Bertz CT molecular complexity index is 315. The lowest BCUT2D eigenvalue weighted by atomic mass is 9.85. The monoisotopic (exact) mass is 221 g/mol. The normalized spacial score (nSPS) is 21.6. The fourth-order valence-corrected chi connectivity index (χ4v) is 1.95. The molecule has 1 amide bonds. The van der Waals surface area contributed by atoms with Crippen LogP contribution in [0.5, 0.6) is 0 Å². The molecule has 0 bridgehead atoms. The lowest BCUT2D eigenvalue weighted by molar-refractivity contribution is -0.127. The summed E-state index contributed by atoms with van der Waals surface area (Å²) in [5.74, 6) is 0.812. The standard InChI is InChI=1S/C14H23NO/c1-11-5-7-14(8-6-11)12(2)9-10-15(4)13(3)16/h5,9,14H,6-8,10H2,1-4H3/b12-9-. The fourth-order valence-electron chi connectivity index (χ4n) is 1.95. The van der Waals surface area contributed by atoms with Gasteiger partial charge in [-0.15, -0.1) is 0 Å². The molecule has 0 aliphatic heterocycles. The number of nitrogens with zero attached hydrogens (tertiary/aromatic N) is 1. The minimum absolute atomic E-state index is 0.128. The largest absolute Gasteiger partial charge is 0.342 e. The first-order valence-electron chi connectivity index (χ1n) is 6.04. The topological polar surface area (TPSA) is 20.3 Å². The summed E-state index contributed by atoms with van der Waals surface area (Å²) in [5, 5.41) is 0. The van der Waals surface area contributed by atoms with E-state index < -0.39 is 0 Å². The molecule has 0 fully saturated rings. The summed E-state index contributed by atoms with van der Waals surface area (Å²) in [6, 6.07) is 0. The maximum atomic E-state index is 11.1. The Kier molecular flexibility index (Phi) is 4.78. The molecule has 1 aliphatic rings. The van der Waals surface area contributed by atoms with Crippen molar-refractivity contribution < 1.29 is 4.79 Å². The van der Waals surface area contributed by atoms with Crippen LogP contribution in [0.4, 0.5) is 0 Å². The van der Waals surface area contributed by atoms with Crippen molar-refractivity contribution in [3.8, 4) is 0 Å². The van der Waals surface area contributed by atoms with E-state index in [1.54, 1.807) is 11.8 Å². The first-order valence-corrected chi connectivity index (χ1v) is 6.04. The highest BCUT2D eigenvalue weighted by atomic mass is 16.2. The van der Waals surface area contributed by atoms with Crippen molar-refractivity contribution in [1.82, 2.24) is 4.90 Å². The van der Waals surface area contributed by atoms with Crippen LogP contribution >= 0.6 is 0 Å². The van der Waals surface area contributed by atoms with Crippen LogP contribution in [0.25, 0.3) is 0 Å². The molecule has 0 radical (unpaired) electrons. The molecule has 1 rings (SSSR count). The number of amides is 1. The van der Waals surface area contributed by atoms with Gasteiger partial charge in [-0.25, -0.2) is 0 Å². The van der Waals surface area contributed by atoms with Crippen LogP contribution < -0.4 is 0 Å². The van der Waals surface area contributed by atoms with Gasteiger partial charge < -0.3 is 4.90 Å². The second kappa shape index (κ2) is 5.88. The molecule has 0 N–H and O–H groups in total. The van der Waals surface area contributed by atoms with Gasteiger partial charge in [0, 0.05) is 20.5 Å². The van der Waals surface area contributed by atoms with E-state index in [2.05, 4.69) is 26.0 Å². The van der Waals surface area contributed by atoms with Gasteiger partial charge in [0.25, 0.3) is 0 Å². The number of rotatable bonds is 3. The molecule has 0 spiro atoms. The van der Waals surface area contributed by atoms with E-state index in [9.17, 15) is 4.79 Å². The molecule has 0 saturated heterocycles. The molecular formula is C14H23NO. The molecular weight excluding hydrogens is 198 g/mol. The highest BCUT2D eigenvalue weighted by Crippen LogP contribution is 2.28. The summed E-state index contributed by atoms with van der Waals surface area (Å²) in [6.07, 6.45) is 8.19. The van der Waals surface area contributed by atoms with E-state index in [0.717, 1.165) is 13.0 Å². The van der Waals surface area contributed by atoms with Crippen molar-refractivity contribution in [2.24, 2.45) is 5.92 Å². The number of carbonyl (C=O) groups is 1. The van der Waals surface area contributed by atoms with Gasteiger partial charge in [0.15, 0.2) is 0 Å². The first kappa shape index (κ1) is 13.0. The molecule has 1 unspecified atom stereocenters. The number of hydrogen-bond donors (Lipinski definition) is 0. The van der Waals surface area contributed by atoms with Crippen LogP contribution in [0.15, 0.2) is 23.3 Å². The zero-order valence-corrected chi connectivity index (χ0v) is 10.9. The summed E-state index contributed by atoms with van der Waals surface area (Å²) in [4.78, 5) is 12.8. The third-order valence-electron chi connectivity index (χ3n) is 3.51. The van der Waals surface area contributed by atoms with E-state index in [-0.39, 0.29) is 5.91 Å². The Morgan fingerprint density at radius 1 is 1.56 bits per heavy atom. The molecule has 1 atom stereocenters. The molecule has 0 saturated carbocycles. The highest BCUT2D eigenvalue weighted by molar-refractivity contribution is 5.72. The van der Waals surface area contributed by atoms with E-state index in [1.165, 1.54) is 24.0 Å². The van der Waals surface area contributed by atoms with Gasteiger partial charge in [-0.2, -0.15) is 0 Å². The Hall–Kier alpha value is -1.05. The summed E-state index contributed by atoms with van der Waals surface area (Å²) in [7, 11) is 1.84. The van der Waals surface area contributed by atoms with Gasteiger partial charge >= 0.3 is 0 Å². The van der Waals surface area contributed by atoms with Gasteiger partial charge in [-0.1, -0.05) is 23.3 Å². The third-order valence-corrected chi connectivity index (χ3v) is 3.51. The van der Waals surface area contributed by atoms with Crippen LogP contribution in [0.3, 0.4) is 0 Å². The molecule has 90 valence electrons. The Morgan fingerprint density at radius 3 is 2.75 bits per heavy atom. The zero-order chi connectivity index (χ0) is 12.1. The van der Waals surface area contributed by atoms with Crippen molar-refractivity contribution in [2.75, 3.05) is 13.6 Å². The predicted octanol–water partition coefficient (Wildman–Crippen LogP) is 3.16. The number of likely N-dealkylation sites (N-methyl/N-ethyl adjacent to an activating group) is 1. The average Bonchev–Trinajstić information content (AvgIpc) is 2.26. The summed E-state index contributed by atoms with van der Waals surface area (Å²) >= 11 is 0. The Labute approximate surface area is 99.0 Å². The van der Waals surface area contributed by atoms with E-state index in [1.807, 2.05) is 7.05 Å². The van der Waals surface area contributed by atoms with Gasteiger partial charge in [0.05, 0.1) is 0 Å². The van der Waals surface area contributed by atoms with Crippen LogP contribution in [-0.2, 0) is 4.79 Å². The maximum absolute atomic E-state index is 11.1. The van der Waals surface area contributed by atoms with Gasteiger partial charge in [0.2, 0.25) is 5.91 Å². The van der Waals surface area contributed by atoms with Gasteiger partial charge in [0.1, 0.15) is 0 Å². The molecule has 0 aromatic rings. The lowest BCUT2D eigenvalue weighted by Crippen LogP contribution is -2.24. The van der Waals surface area contributed by atoms with Crippen molar-refractivity contribution in [2.45, 2.75) is 40.0 Å². The second-order valence-corrected chi connectivity index (χ2v) is 4.87. The molecule has 0 aromatic carbocycles. The van der Waals surface area contributed by atoms with Crippen LogP contribution in [0, 0.1) is 5.92 Å². The van der Waals surface area contributed by atoms with E-state index in [4.69, 9.17) is 0 Å².